The van der Waals surface area contributed by atoms with Gasteiger partial charge in [-0.15, -0.1) is 0 Å². The van der Waals surface area contributed by atoms with Crippen molar-refractivity contribution in [3.8, 4) is 0 Å². The molecule has 1 fully saturated rings. The van der Waals surface area contributed by atoms with Crippen LogP contribution in [0.25, 0.3) is 0 Å². The third kappa shape index (κ3) is 2.44. The molecule has 108 valence electrons. The molecular formula is C13H16N2O4S. The Morgan fingerprint density at radius 3 is 2.75 bits per heavy atom. The van der Waals surface area contributed by atoms with Crippen LogP contribution in [0.15, 0.2) is 23.1 Å². The van der Waals surface area contributed by atoms with E-state index in [1.807, 2.05) is 0 Å². The van der Waals surface area contributed by atoms with Gasteiger partial charge in [0, 0.05) is 24.3 Å². The zero-order chi connectivity index (χ0) is 14.4. The second-order valence-electron chi connectivity index (χ2n) is 5.53. The first-order valence-electron chi connectivity index (χ1n) is 6.47. The predicted octanol–water partition coefficient (Wildman–Crippen LogP) is 0.232. The Morgan fingerprint density at radius 1 is 1.35 bits per heavy atom. The van der Waals surface area contributed by atoms with E-state index >= 15 is 0 Å². The summed E-state index contributed by atoms with van der Waals surface area (Å²) in [6, 6.07) is 4.60. The first-order valence-corrected chi connectivity index (χ1v) is 7.96. The van der Waals surface area contributed by atoms with E-state index in [-0.39, 0.29) is 35.8 Å². The van der Waals surface area contributed by atoms with E-state index in [9.17, 15) is 18.3 Å². The van der Waals surface area contributed by atoms with Gasteiger partial charge in [-0.2, -0.15) is 0 Å². The molecule has 0 saturated heterocycles. The number of aliphatic hydroxyl groups excluding tert-OH is 1. The molecule has 1 aliphatic carbocycles. The first kappa shape index (κ1) is 13.5. The number of hydrogen-bond donors (Lipinski definition) is 3. The van der Waals surface area contributed by atoms with Gasteiger partial charge in [0.1, 0.15) is 0 Å². The maximum Gasteiger partial charge on any atom is 0.240 e. The molecular weight excluding hydrogens is 280 g/mol. The highest BCUT2D eigenvalue weighted by Gasteiger charge is 2.42. The number of carbonyl (C=O) groups is 1. The Bertz CT molecular complexity index is 665. The molecule has 0 atom stereocenters. The Labute approximate surface area is 117 Å². The number of aliphatic hydroxyl groups is 1. The molecule has 6 nitrogen and oxygen atoms in total. The molecule has 0 bridgehead atoms. The molecule has 1 amide bonds. The third-order valence-electron chi connectivity index (χ3n) is 3.94. The highest BCUT2D eigenvalue weighted by Crippen LogP contribution is 2.44. The van der Waals surface area contributed by atoms with Crippen LogP contribution in [0.3, 0.4) is 0 Å². The molecule has 0 unspecified atom stereocenters. The van der Waals surface area contributed by atoms with Crippen LogP contribution < -0.4 is 10.0 Å². The van der Waals surface area contributed by atoms with Crippen LogP contribution >= 0.6 is 0 Å². The van der Waals surface area contributed by atoms with E-state index < -0.39 is 10.0 Å². The van der Waals surface area contributed by atoms with E-state index in [0.29, 0.717) is 11.3 Å². The van der Waals surface area contributed by atoms with Gasteiger partial charge >= 0.3 is 0 Å². The van der Waals surface area contributed by atoms with Crippen LogP contribution in [0.4, 0.5) is 5.69 Å². The summed E-state index contributed by atoms with van der Waals surface area (Å²) in [5.74, 6) is -0.125. The van der Waals surface area contributed by atoms with Crippen LogP contribution in [0.5, 0.6) is 0 Å². The van der Waals surface area contributed by atoms with Crippen molar-refractivity contribution in [2.24, 2.45) is 5.41 Å². The second kappa shape index (κ2) is 4.54. The molecule has 0 aromatic heterocycles. The van der Waals surface area contributed by atoms with Crippen molar-refractivity contribution in [2.45, 2.75) is 24.2 Å². The number of rotatable bonds is 5. The summed E-state index contributed by atoms with van der Waals surface area (Å²) in [6.07, 6.45) is 1.89. The monoisotopic (exact) mass is 296 g/mol. The minimum Gasteiger partial charge on any atom is -0.396 e. The van der Waals surface area contributed by atoms with Crippen LogP contribution in [0.2, 0.25) is 0 Å². The summed E-state index contributed by atoms with van der Waals surface area (Å²) >= 11 is 0. The molecule has 1 aromatic carbocycles. The SMILES string of the molecule is O=C1Cc2cc(S(=O)(=O)NCC3(CO)CC3)ccc2N1. The first-order chi connectivity index (χ1) is 9.44. The van der Waals surface area contributed by atoms with E-state index in [4.69, 9.17) is 0 Å². The molecule has 1 aliphatic heterocycles. The van der Waals surface area contributed by atoms with Crippen molar-refractivity contribution < 1.29 is 18.3 Å². The predicted molar refractivity (Wildman–Crippen MR) is 72.7 cm³/mol. The molecule has 0 radical (unpaired) electrons. The van der Waals surface area contributed by atoms with Crippen LogP contribution in [-0.4, -0.2) is 32.6 Å². The van der Waals surface area contributed by atoms with Gasteiger partial charge < -0.3 is 10.4 Å². The number of carbonyl (C=O) groups excluding carboxylic acids is 1. The van der Waals surface area contributed by atoms with Gasteiger partial charge in [-0.1, -0.05) is 0 Å². The fourth-order valence-corrected chi connectivity index (χ4v) is 3.48. The Morgan fingerprint density at radius 2 is 2.10 bits per heavy atom. The summed E-state index contributed by atoms with van der Waals surface area (Å²) in [6.45, 7) is 0.248. The number of fused-ring (bicyclic) bond motifs is 1. The normalized spacial score (nSPS) is 19.6. The fraction of sp³-hybridized carbons (Fsp3) is 0.462. The van der Waals surface area contributed by atoms with Gasteiger partial charge in [0.25, 0.3) is 0 Å². The molecule has 3 N–H and O–H groups in total. The fourth-order valence-electron chi connectivity index (χ4n) is 2.27. The van der Waals surface area contributed by atoms with Crippen molar-refractivity contribution in [3.63, 3.8) is 0 Å². The number of sulfonamides is 1. The average Bonchev–Trinajstić information content (AvgIpc) is 3.10. The Hall–Kier alpha value is -1.44. The van der Waals surface area contributed by atoms with E-state index in [1.54, 1.807) is 6.07 Å². The smallest absolute Gasteiger partial charge is 0.240 e. The second-order valence-corrected chi connectivity index (χ2v) is 7.29. The van der Waals surface area contributed by atoms with Crippen molar-refractivity contribution in [1.82, 2.24) is 4.72 Å². The molecule has 2 aliphatic rings. The quantitative estimate of drug-likeness (QED) is 0.725. The van der Waals surface area contributed by atoms with Gasteiger partial charge in [0.05, 0.1) is 11.3 Å². The highest BCUT2D eigenvalue weighted by atomic mass is 32.2. The highest BCUT2D eigenvalue weighted by molar-refractivity contribution is 7.89. The van der Waals surface area contributed by atoms with Crippen molar-refractivity contribution >= 4 is 21.6 Å². The van der Waals surface area contributed by atoms with E-state index in [1.165, 1.54) is 12.1 Å². The third-order valence-corrected chi connectivity index (χ3v) is 5.34. The number of nitrogens with one attached hydrogen (secondary N) is 2. The lowest BCUT2D eigenvalue weighted by molar-refractivity contribution is -0.115. The van der Waals surface area contributed by atoms with Gasteiger partial charge in [0.2, 0.25) is 15.9 Å². The van der Waals surface area contributed by atoms with Gasteiger partial charge in [-0.25, -0.2) is 13.1 Å². The number of hydrogen-bond acceptors (Lipinski definition) is 4. The molecule has 1 aromatic rings. The largest absolute Gasteiger partial charge is 0.396 e. The molecule has 0 spiro atoms. The summed E-state index contributed by atoms with van der Waals surface area (Å²) in [5.41, 5.74) is 1.09. The minimum atomic E-state index is -3.60. The van der Waals surface area contributed by atoms with Crippen LogP contribution in [-0.2, 0) is 21.2 Å². The van der Waals surface area contributed by atoms with Gasteiger partial charge in [-0.05, 0) is 36.6 Å². The molecule has 1 saturated carbocycles. The van der Waals surface area contributed by atoms with Gasteiger partial charge in [0.15, 0.2) is 0 Å². The zero-order valence-electron chi connectivity index (χ0n) is 10.8. The molecule has 1 heterocycles. The number of anilines is 1. The van der Waals surface area contributed by atoms with Crippen molar-refractivity contribution in [2.75, 3.05) is 18.5 Å². The lowest BCUT2D eigenvalue weighted by atomic mass is 10.1. The maximum absolute atomic E-state index is 12.2. The topological polar surface area (TPSA) is 95.5 Å². The Balaban J connectivity index is 1.78. The summed E-state index contributed by atoms with van der Waals surface area (Å²) in [4.78, 5) is 11.4. The van der Waals surface area contributed by atoms with E-state index in [0.717, 1.165) is 12.8 Å². The Kier molecular flexibility index (Phi) is 3.07. The van der Waals surface area contributed by atoms with Gasteiger partial charge in [-0.3, -0.25) is 4.79 Å². The maximum atomic E-state index is 12.2. The number of amides is 1. The zero-order valence-corrected chi connectivity index (χ0v) is 11.7. The van der Waals surface area contributed by atoms with Crippen LogP contribution in [0, 0.1) is 5.41 Å². The average molecular weight is 296 g/mol. The minimum absolute atomic E-state index is 0.00186. The van der Waals surface area contributed by atoms with Crippen LogP contribution in [0.1, 0.15) is 18.4 Å². The molecule has 7 heteroatoms. The summed E-state index contributed by atoms with van der Waals surface area (Å²) in [7, 11) is -3.60. The number of benzene rings is 1. The standard InChI is InChI=1S/C13H16N2O4S/c16-8-13(3-4-13)7-14-20(18,19)10-1-2-11-9(5-10)6-12(17)15-11/h1-2,5,14,16H,3-4,6-8H2,(H,15,17). The lowest BCUT2D eigenvalue weighted by Gasteiger charge is -2.13. The van der Waals surface area contributed by atoms with E-state index in [2.05, 4.69) is 10.0 Å². The van der Waals surface area contributed by atoms with Crippen molar-refractivity contribution in [1.29, 1.82) is 0 Å². The summed E-state index contributed by atoms with van der Waals surface area (Å²) < 4.78 is 26.9. The lowest BCUT2D eigenvalue weighted by Crippen LogP contribution is -2.31. The molecule has 3 rings (SSSR count). The summed E-state index contributed by atoms with van der Waals surface area (Å²) in [5, 5.41) is 11.9. The van der Waals surface area contributed by atoms with Crippen molar-refractivity contribution in [3.05, 3.63) is 23.8 Å². The molecule has 20 heavy (non-hydrogen) atoms.